The highest BCUT2D eigenvalue weighted by atomic mass is 32.2. The number of nitrogens with one attached hydrogen (secondary N) is 2. The van der Waals surface area contributed by atoms with Crippen molar-refractivity contribution in [2.24, 2.45) is 5.92 Å². The van der Waals surface area contributed by atoms with Crippen LogP contribution >= 0.6 is 0 Å². The van der Waals surface area contributed by atoms with Crippen molar-refractivity contribution in [3.63, 3.8) is 0 Å². The quantitative estimate of drug-likeness (QED) is 0.657. The van der Waals surface area contributed by atoms with E-state index < -0.39 is 27.9 Å². The van der Waals surface area contributed by atoms with Crippen LogP contribution in [-0.2, 0) is 14.8 Å². The first-order chi connectivity index (χ1) is 10.2. The highest BCUT2D eigenvalue weighted by Crippen LogP contribution is 2.10. The zero-order chi connectivity index (χ0) is 16.9. The Bertz CT molecular complexity index is 642. The topological polar surface area (TPSA) is 125 Å². The van der Waals surface area contributed by atoms with Crippen molar-refractivity contribution < 1.29 is 23.1 Å². The molecule has 1 rings (SSSR count). The summed E-state index contributed by atoms with van der Waals surface area (Å²) >= 11 is 0. The van der Waals surface area contributed by atoms with Crippen molar-refractivity contribution in [3.8, 4) is 0 Å². The summed E-state index contributed by atoms with van der Waals surface area (Å²) in [5.41, 5.74) is 0.0876. The van der Waals surface area contributed by atoms with Crippen LogP contribution in [0.15, 0.2) is 23.4 Å². The molecule has 1 amide bonds. The van der Waals surface area contributed by atoms with E-state index in [4.69, 9.17) is 5.11 Å². The Balaban J connectivity index is 2.92. The van der Waals surface area contributed by atoms with Crippen molar-refractivity contribution in [3.05, 3.63) is 23.9 Å². The van der Waals surface area contributed by atoms with E-state index in [2.05, 4.69) is 15.0 Å². The Morgan fingerprint density at radius 2 is 2.00 bits per heavy atom. The fraction of sp³-hybridized carbons (Fsp3) is 0.462. The lowest BCUT2D eigenvalue weighted by Gasteiger charge is -2.20. The van der Waals surface area contributed by atoms with E-state index >= 15 is 0 Å². The molecule has 0 saturated carbocycles. The maximum Gasteiger partial charge on any atom is 0.326 e. The number of carbonyl (C=O) groups excluding carboxylic acids is 1. The fourth-order valence-corrected chi connectivity index (χ4v) is 2.33. The monoisotopic (exact) mass is 329 g/mol. The predicted octanol–water partition coefficient (Wildman–Crippen LogP) is 0.219. The number of carbonyl (C=O) groups is 2. The number of aromatic nitrogens is 1. The van der Waals surface area contributed by atoms with Gasteiger partial charge in [0.15, 0.2) is 5.03 Å². The highest BCUT2D eigenvalue weighted by Gasteiger charge is 2.26. The second-order valence-electron chi connectivity index (χ2n) is 4.77. The molecule has 122 valence electrons. The molecule has 0 saturated heterocycles. The van der Waals surface area contributed by atoms with Crippen LogP contribution in [0.4, 0.5) is 0 Å². The van der Waals surface area contributed by atoms with Gasteiger partial charge >= 0.3 is 5.97 Å². The SMILES string of the molecule is CC[C@H](C)[C@H](NC(=O)c1ccc(S(=O)(=O)NC)nc1)C(=O)O. The molecule has 0 unspecified atom stereocenters. The molecule has 1 aromatic heterocycles. The first-order valence-electron chi connectivity index (χ1n) is 6.66. The molecule has 3 N–H and O–H groups in total. The Morgan fingerprint density at radius 1 is 1.36 bits per heavy atom. The van der Waals surface area contributed by atoms with E-state index in [-0.39, 0.29) is 16.5 Å². The lowest BCUT2D eigenvalue weighted by atomic mass is 9.99. The second-order valence-corrected chi connectivity index (χ2v) is 6.60. The van der Waals surface area contributed by atoms with Gasteiger partial charge in [-0.3, -0.25) is 4.79 Å². The summed E-state index contributed by atoms with van der Waals surface area (Å²) in [6.45, 7) is 3.55. The first kappa shape index (κ1) is 18.1. The number of carboxylic acid groups (broad SMARTS) is 1. The van der Waals surface area contributed by atoms with Crippen molar-refractivity contribution in [1.82, 2.24) is 15.0 Å². The van der Waals surface area contributed by atoms with E-state index in [9.17, 15) is 18.0 Å². The molecule has 0 radical (unpaired) electrons. The normalized spacial score (nSPS) is 14.1. The van der Waals surface area contributed by atoms with Crippen LogP contribution in [0.5, 0.6) is 0 Å². The maximum atomic E-state index is 12.0. The van der Waals surface area contributed by atoms with E-state index in [1.807, 2.05) is 6.92 Å². The minimum atomic E-state index is -3.68. The summed E-state index contributed by atoms with van der Waals surface area (Å²) in [5, 5.41) is 11.3. The number of hydrogen-bond donors (Lipinski definition) is 3. The third-order valence-electron chi connectivity index (χ3n) is 3.31. The van der Waals surface area contributed by atoms with Crippen molar-refractivity contribution >= 4 is 21.9 Å². The zero-order valence-corrected chi connectivity index (χ0v) is 13.3. The molecule has 9 heteroatoms. The average Bonchev–Trinajstić information content (AvgIpc) is 2.51. The van der Waals surface area contributed by atoms with Gasteiger partial charge in [0.1, 0.15) is 6.04 Å². The van der Waals surface area contributed by atoms with E-state index in [0.717, 1.165) is 6.20 Å². The largest absolute Gasteiger partial charge is 0.480 e. The third kappa shape index (κ3) is 4.25. The summed E-state index contributed by atoms with van der Waals surface area (Å²) in [7, 11) is -2.43. The standard InChI is InChI=1S/C13H19N3O5S/c1-4-8(2)11(13(18)19)16-12(17)9-5-6-10(15-7-9)22(20,21)14-3/h5-8,11,14H,4H2,1-3H3,(H,16,17)(H,18,19)/t8-,11-/m0/s1. The molecule has 1 heterocycles. The van der Waals surface area contributed by atoms with Gasteiger partial charge in [0.2, 0.25) is 0 Å². The van der Waals surface area contributed by atoms with Crippen LogP contribution in [-0.4, -0.2) is 43.5 Å². The number of amides is 1. The van der Waals surface area contributed by atoms with Gasteiger partial charge in [0.05, 0.1) is 5.56 Å². The molecule has 0 aliphatic carbocycles. The van der Waals surface area contributed by atoms with Gasteiger partial charge in [-0.15, -0.1) is 0 Å². The Morgan fingerprint density at radius 3 is 2.41 bits per heavy atom. The van der Waals surface area contributed by atoms with Gasteiger partial charge in [0, 0.05) is 6.20 Å². The second kappa shape index (κ2) is 7.32. The smallest absolute Gasteiger partial charge is 0.326 e. The van der Waals surface area contributed by atoms with Crippen LogP contribution in [0.3, 0.4) is 0 Å². The molecule has 0 aromatic carbocycles. The molecular formula is C13H19N3O5S. The molecule has 2 atom stereocenters. The summed E-state index contributed by atoms with van der Waals surface area (Å²) in [6, 6.07) is 1.44. The van der Waals surface area contributed by atoms with Gasteiger partial charge in [0.25, 0.3) is 15.9 Å². The minimum Gasteiger partial charge on any atom is -0.480 e. The number of sulfonamides is 1. The van der Waals surface area contributed by atoms with E-state index in [1.165, 1.54) is 19.2 Å². The molecule has 0 fully saturated rings. The first-order valence-corrected chi connectivity index (χ1v) is 8.14. The van der Waals surface area contributed by atoms with Crippen LogP contribution in [0.1, 0.15) is 30.6 Å². The lowest BCUT2D eigenvalue weighted by molar-refractivity contribution is -0.140. The Hall–Kier alpha value is -2.00. The molecular weight excluding hydrogens is 310 g/mol. The molecule has 0 aliphatic rings. The van der Waals surface area contributed by atoms with Crippen LogP contribution in [0, 0.1) is 5.92 Å². The van der Waals surface area contributed by atoms with Gasteiger partial charge in [-0.2, -0.15) is 0 Å². The molecule has 8 nitrogen and oxygen atoms in total. The van der Waals surface area contributed by atoms with Crippen molar-refractivity contribution in [2.45, 2.75) is 31.3 Å². The average molecular weight is 329 g/mol. The van der Waals surface area contributed by atoms with Crippen LogP contribution in [0.2, 0.25) is 0 Å². The summed E-state index contributed by atoms with van der Waals surface area (Å²) in [5.74, 6) is -1.98. The Kier molecular flexibility index (Phi) is 6.01. The fourth-order valence-electron chi connectivity index (χ4n) is 1.69. The highest BCUT2D eigenvalue weighted by molar-refractivity contribution is 7.89. The van der Waals surface area contributed by atoms with Gasteiger partial charge < -0.3 is 10.4 Å². The lowest BCUT2D eigenvalue weighted by Crippen LogP contribution is -2.45. The molecule has 0 bridgehead atoms. The van der Waals surface area contributed by atoms with Crippen molar-refractivity contribution in [2.75, 3.05) is 7.05 Å². The summed E-state index contributed by atoms with van der Waals surface area (Å²) in [6.07, 6.45) is 1.68. The zero-order valence-electron chi connectivity index (χ0n) is 12.5. The van der Waals surface area contributed by atoms with E-state index in [0.29, 0.717) is 6.42 Å². The van der Waals surface area contributed by atoms with Crippen molar-refractivity contribution in [1.29, 1.82) is 0 Å². The number of nitrogens with zero attached hydrogens (tertiary/aromatic N) is 1. The van der Waals surface area contributed by atoms with Crippen LogP contribution < -0.4 is 10.0 Å². The Labute approximate surface area is 129 Å². The summed E-state index contributed by atoms with van der Waals surface area (Å²) in [4.78, 5) is 26.9. The minimum absolute atomic E-state index is 0.0876. The molecule has 1 aromatic rings. The number of aliphatic carboxylic acids is 1. The van der Waals surface area contributed by atoms with Gasteiger partial charge in [-0.25, -0.2) is 22.9 Å². The summed E-state index contributed by atoms with van der Waals surface area (Å²) < 4.78 is 25.2. The molecule has 0 spiro atoms. The number of pyridine rings is 1. The predicted molar refractivity (Wildman–Crippen MR) is 78.8 cm³/mol. The maximum absolute atomic E-state index is 12.0. The number of rotatable bonds is 7. The van der Waals surface area contributed by atoms with Gasteiger partial charge in [-0.1, -0.05) is 20.3 Å². The van der Waals surface area contributed by atoms with Crippen LogP contribution in [0.25, 0.3) is 0 Å². The van der Waals surface area contributed by atoms with E-state index in [1.54, 1.807) is 6.92 Å². The number of carboxylic acids is 1. The third-order valence-corrected chi connectivity index (χ3v) is 4.64. The van der Waals surface area contributed by atoms with Gasteiger partial charge in [-0.05, 0) is 25.1 Å². The number of hydrogen-bond acceptors (Lipinski definition) is 5. The molecule has 0 aliphatic heterocycles. The molecule has 22 heavy (non-hydrogen) atoms.